The fourth-order valence-electron chi connectivity index (χ4n) is 4.09. The fourth-order valence-corrected chi connectivity index (χ4v) is 4.09. The Morgan fingerprint density at radius 3 is 2.50 bits per heavy atom. The third-order valence-electron chi connectivity index (χ3n) is 5.86. The summed E-state index contributed by atoms with van der Waals surface area (Å²) in [4.78, 5) is 26.1. The van der Waals surface area contributed by atoms with Gasteiger partial charge in [-0.1, -0.05) is 42.5 Å². The molecule has 0 saturated carbocycles. The topological polar surface area (TPSA) is 79.3 Å². The first kappa shape index (κ1) is 21.6. The average molecular weight is 432 g/mol. The molecule has 1 aromatic heterocycles. The largest absolute Gasteiger partial charge is 0.338 e. The van der Waals surface area contributed by atoms with E-state index in [2.05, 4.69) is 15.7 Å². The summed E-state index contributed by atoms with van der Waals surface area (Å²) in [5, 5.41) is 10.5. The standard InChI is InChI=1S/C25H29N5O2/c1-18-23(19(2)30(28-18)22-10-4-3-5-11-22)16-27-25(32)26-15-20-8-6-9-21(14-20)17-29-13-7-12-24(29)31/h3-6,8-11,14H,7,12-13,15-17H2,1-2H3,(H2,26,27,32). The molecule has 1 aliphatic rings. The van der Waals surface area contributed by atoms with E-state index in [-0.39, 0.29) is 11.9 Å². The van der Waals surface area contributed by atoms with Gasteiger partial charge in [0.1, 0.15) is 0 Å². The molecule has 32 heavy (non-hydrogen) atoms. The van der Waals surface area contributed by atoms with E-state index in [0.29, 0.717) is 26.1 Å². The second-order valence-electron chi connectivity index (χ2n) is 8.17. The molecule has 3 amide bonds. The lowest BCUT2D eigenvalue weighted by molar-refractivity contribution is -0.128. The van der Waals surface area contributed by atoms with E-state index < -0.39 is 0 Å². The Morgan fingerprint density at radius 2 is 1.75 bits per heavy atom. The summed E-state index contributed by atoms with van der Waals surface area (Å²) in [6, 6.07) is 17.7. The van der Waals surface area contributed by atoms with Crippen LogP contribution in [0.2, 0.25) is 0 Å². The van der Waals surface area contributed by atoms with Crippen molar-refractivity contribution in [2.24, 2.45) is 0 Å². The average Bonchev–Trinajstić information content (AvgIpc) is 3.33. The quantitative estimate of drug-likeness (QED) is 0.600. The molecule has 0 atom stereocenters. The zero-order valence-electron chi connectivity index (χ0n) is 18.6. The Hall–Kier alpha value is -3.61. The van der Waals surface area contributed by atoms with E-state index in [0.717, 1.165) is 46.7 Å². The highest BCUT2D eigenvalue weighted by Gasteiger charge is 2.20. The lowest BCUT2D eigenvalue weighted by Crippen LogP contribution is -2.34. The number of para-hydroxylation sites is 1. The first-order valence-electron chi connectivity index (χ1n) is 11.0. The van der Waals surface area contributed by atoms with Gasteiger partial charge in [-0.3, -0.25) is 4.79 Å². The van der Waals surface area contributed by atoms with Gasteiger partial charge in [0.05, 0.1) is 11.4 Å². The Labute approximate surface area is 188 Å². The van der Waals surface area contributed by atoms with Gasteiger partial charge in [0.25, 0.3) is 0 Å². The van der Waals surface area contributed by atoms with Gasteiger partial charge >= 0.3 is 6.03 Å². The van der Waals surface area contributed by atoms with Crippen molar-refractivity contribution in [3.63, 3.8) is 0 Å². The van der Waals surface area contributed by atoms with Crippen LogP contribution >= 0.6 is 0 Å². The highest BCUT2D eigenvalue weighted by molar-refractivity contribution is 5.78. The molecule has 1 fully saturated rings. The van der Waals surface area contributed by atoms with Crippen molar-refractivity contribution in [2.75, 3.05) is 6.54 Å². The van der Waals surface area contributed by atoms with Gasteiger partial charge in [0, 0.05) is 43.9 Å². The molecule has 2 N–H and O–H groups in total. The summed E-state index contributed by atoms with van der Waals surface area (Å²) in [5.41, 5.74) is 6.02. The molecule has 3 aromatic rings. The molecule has 4 rings (SSSR count). The zero-order valence-corrected chi connectivity index (χ0v) is 18.6. The predicted octanol–water partition coefficient (Wildman–Crippen LogP) is 3.61. The molecule has 0 spiro atoms. The number of nitrogens with one attached hydrogen (secondary N) is 2. The third-order valence-corrected chi connectivity index (χ3v) is 5.86. The second-order valence-corrected chi connectivity index (χ2v) is 8.17. The van der Waals surface area contributed by atoms with Crippen LogP contribution in [0, 0.1) is 13.8 Å². The lowest BCUT2D eigenvalue weighted by atomic mass is 10.1. The van der Waals surface area contributed by atoms with E-state index in [1.807, 2.05) is 78.0 Å². The lowest BCUT2D eigenvalue weighted by Gasteiger charge is -2.16. The van der Waals surface area contributed by atoms with Crippen LogP contribution in [-0.2, 0) is 24.4 Å². The molecule has 0 radical (unpaired) electrons. The number of urea groups is 1. The number of carbonyl (C=O) groups is 2. The van der Waals surface area contributed by atoms with E-state index in [4.69, 9.17) is 0 Å². The molecule has 0 aliphatic carbocycles. The van der Waals surface area contributed by atoms with Gasteiger partial charge in [-0.05, 0) is 43.5 Å². The predicted molar refractivity (Wildman–Crippen MR) is 123 cm³/mol. The fraction of sp³-hybridized carbons (Fsp3) is 0.320. The first-order chi connectivity index (χ1) is 15.5. The number of rotatable bonds is 7. The molecule has 7 nitrogen and oxygen atoms in total. The van der Waals surface area contributed by atoms with E-state index in [1.54, 1.807) is 0 Å². The van der Waals surface area contributed by atoms with Crippen LogP contribution in [0.15, 0.2) is 54.6 Å². The van der Waals surface area contributed by atoms with Gasteiger partial charge in [0.15, 0.2) is 0 Å². The number of amides is 3. The van der Waals surface area contributed by atoms with Crippen molar-refractivity contribution in [2.45, 2.75) is 46.3 Å². The molecular weight excluding hydrogens is 402 g/mol. The Balaban J connectivity index is 1.31. The molecular formula is C25H29N5O2. The van der Waals surface area contributed by atoms with Crippen LogP contribution in [0.5, 0.6) is 0 Å². The summed E-state index contributed by atoms with van der Waals surface area (Å²) in [7, 11) is 0. The summed E-state index contributed by atoms with van der Waals surface area (Å²) >= 11 is 0. The van der Waals surface area contributed by atoms with Gasteiger partial charge < -0.3 is 15.5 Å². The van der Waals surface area contributed by atoms with Gasteiger partial charge in [-0.15, -0.1) is 0 Å². The molecule has 1 aliphatic heterocycles. The second kappa shape index (κ2) is 9.68. The molecule has 0 unspecified atom stereocenters. The Kier molecular flexibility index (Phi) is 6.54. The Morgan fingerprint density at radius 1 is 1.00 bits per heavy atom. The third kappa shape index (κ3) is 4.99. The maximum atomic E-state index is 12.4. The van der Waals surface area contributed by atoms with Crippen LogP contribution < -0.4 is 10.6 Å². The van der Waals surface area contributed by atoms with Crippen molar-refractivity contribution in [1.29, 1.82) is 0 Å². The minimum atomic E-state index is -0.226. The minimum Gasteiger partial charge on any atom is -0.338 e. The number of likely N-dealkylation sites (tertiary alicyclic amines) is 1. The van der Waals surface area contributed by atoms with Crippen LogP contribution in [-0.4, -0.2) is 33.2 Å². The van der Waals surface area contributed by atoms with Crippen LogP contribution in [0.4, 0.5) is 4.79 Å². The minimum absolute atomic E-state index is 0.217. The van der Waals surface area contributed by atoms with Gasteiger partial charge in [-0.2, -0.15) is 5.10 Å². The highest BCUT2D eigenvalue weighted by atomic mass is 16.2. The smallest absolute Gasteiger partial charge is 0.315 e. The summed E-state index contributed by atoms with van der Waals surface area (Å²) < 4.78 is 1.90. The summed E-state index contributed by atoms with van der Waals surface area (Å²) in [6.45, 7) is 6.25. The van der Waals surface area contributed by atoms with E-state index >= 15 is 0 Å². The number of carbonyl (C=O) groups excluding carboxylic acids is 2. The molecule has 1 saturated heterocycles. The molecule has 166 valence electrons. The molecule has 7 heteroatoms. The van der Waals surface area contributed by atoms with Crippen molar-refractivity contribution in [1.82, 2.24) is 25.3 Å². The molecule has 2 heterocycles. The van der Waals surface area contributed by atoms with Crippen molar-refractivity contribution in [3.8, 4) is 5.69 Å². The van der Waals surface area contributed by atoms with Crippen molar-refractivity contribution < 1.29 is 9.59 Å². The normalized spacial score (nSPS) is 13.4. The number of hydrogen-bond acceptors (Lipinski definition) is 3. The number of aryl methyl sites for hydroxylation is 1. The van der Waals surface area contributed by atoms with Gasteiger partial charge in [-0.25, -0.2) is 9.48 Å². The molecule has 0 bridgehead atoms. The summed E-state index contributed by atoms with van der Waals surface area (Å²) in [6.07, 6.45) is 1.58. The zero-order chi connectivity index (χ0) is 22.5. The van der Waals surface area contributed by atoms with Crippen molar-refractivity contribution in [3.05, 3.63) is 82.7 Å². The monoisotopic (exact) mass is 431 g/mol. The maximum Gasteiger partial charge on any atom is 0.315 e. The Bertz CT molecular complexity index is 1110. The van der Waals surface area contributed by atoms with Crippen molar-refractivity contribution >= 4 is 11.9 Å². The number of hydrogen-bond donors (Lipinski definition) is 2. The van der Waals surface area contributed by atoms with Gasteiger partial charge in [0.2, 0.25) is 5.91 Å². The van der Waals surface area contributed by atoms with E-state index in [9.17, 15) is 9.59 Å². The SMILES string of the molecule is Cc1nn(-c2ccccc2)c(C)c1CNC(=O)NCc1cccc(CN2CCCC2=O)c1. The van der Waals surface area contributed by atoms with Crippen LogP contribution in [0.3, 0.4) is 0 Å². The highest BCUT2D eigenvalue weighted by Crippen LogP contribution is 2.18. The number of aromatic nitrogens is 2. The van der Waals surface area contributed by atoms with Crippen LogP contribution in [0.25, 0.3) is 5.69 Å². The van der Waals surface area contributed by atoms with E-state index in [1.165, 1.54) is 0 Å². The summed E-state index contributed by atoms with van der Waals surface area (Å²) in [5.74, 6) is 0.217. The number of nitrogens with zero attached hydrogens (tertiary/aromatic N) is 3. The maximum absolute atomic E-state index is 12.4. The van der Waals surface area contributed by atoms with Crippen LogP contribution in [0.1, 0.15) is 40.9 Å². The molecule has 2 aromatic carbocycles. The first-order valence-corrected chi connectivity index (χ1v) is 11.0. The number of benzene rings is 2.